The van der Waals surface area contributed by atoms with Gasteiger partial charge in [-0.1, -0.05) is 37.3 Å². The van der Waals surface area contributed by atoms with Gasteiger partial charge in [-0.25, -0.2) is 0 Å². The van der Waals surface area contributed by atoms with Crippen molar-refractivity contribution in [2.45, 2.75) is 38.6 Å². The number of nitrogens with one attached hydrogen (secondary N) is 1. The van der Waals surface area contributed by atoms with Gasteiger partial charge in [-0.2, -0.15) is 0 Å². The summed E-state index contributed by atoms with van der Waals surface area (Å²) in [6.07, 6.45) is 5.07. The molecule has 0 aromatic heterocycles. The van der Waals surface area contributed by atoms with Gasteiger partial charge in [-0.05, 0) is 37.3 Å². The standard InChI is InChI=1S/C14H19N/c1-11(2)15-14-10-6-4-8-12-7-3-5-9-13(12)14/h3,5,7,9,14-15H,1,4,6,8,10H2,2H3. The lowest BCUT2D eigenvalue weighted by Crippen LogP contribution is -2.19. The van der Waals surface area contributed by atoms with E-state index in [0.29, 0.717) is 6.04 Å². The smallest absolute Gasteiger partial charge is 0.0513 e. The van der Waals surface area contributed by atoms with Crippen molar-refractivity contribution in [2.75, 3.05) is 0 Å². The van der Waals surface area contributed by atoms with Crippen LogP contribution in [0.15, 0.2) is 36.5 Å². The highest BCUT2D eigenvalue weighted by molar-refractivity contribution is 5.31. The fourth-order valence-electron chi connectivity index (χ4n) is 2.37. The van der Waals surface area contributed by atoms with E-state index < -0.39 is 0 Å². The van der Waals surface area contributed by atoms with Crippen LogP contribution >= 0.6 is 0 Å². The van der Waals surface area contributed by atoms with Crippen molar-refractivity contribution in [3.63, 3.8) is 0 Å². The fourth-order valence-corrected chi connectivity index (χ4v) is 2.37. The minimum Gasteiger partial charge on any atom is -0.382 e. The molecular weight excluding hydrogens is 182 g/mol. The molecule has 1 aromatic carbocycles. The quantitative estimate of drug-likeness (QED) is 0.721. The van der Waals surface area contributed by atoms with Crippen LogP contribution in [0.3, 0.4) is 0 Å². The molecular formula is C14H19N. The normalized spacial score (nSPS) is 20.2. The second-order valence-corrected chi connectivity index (χ2v) is 4.42. The predicted octanol–water partition coefficient (Wildman–Crippen LogP) is 3.58. The highest BCUT2D eigenvalue weighted by Gasteiger charge is 2.17. The van der Waals surface area contributed by atoms with Gasteiger partial charge < -0.3 is 5.32 Å². The van der Waals surface area contributed by atoms with Crippen molar-refractivity contribution >= 4 is 0 Å². The van der Waals surface area contributed by atoms with Crippen molar-refractivity contribution in [1.82, 2.24) is 5.32 Å². The molecule has 1 atom stereocenters. The summed E-state index contributed by atoms with van der Waals surface area (Å²) in [6.45, 7) is 5.98. The summed E-state index contributed by atoms with van der Waals surface area (Å²) >= 11 is 0. The summed E-state index contributed by atoms with van der Waals surface area (Å²) in [5.41, 5.74) is 4.04. The second kappa shape index (κ2) is 4.52. The molecule has 0 heterocycles. The number of hydrogen-bond acceptors (Lipinski definition) is 1. The van der Waals surface area contributed by atoms with E-state index in [9.17, 15) is 0 Å². The van der Waals surface area contributed by atoms with Gasteiger partial charge in [0.2, 0.25) is 0 Å². The van der Waals surface area contributed by atoms with Crippen molar-refractivity contribution in [1.29, 1.82) is 0 Å². The lowest BCUT2D eigenvalue weighted by atomic mass is 9.99. The first-order chi connectivity index (χ1) is 7.27. The number of benzene rings is 1. The Labute approximate surface area is 92.2 Å². The molecule has 1 aliphatic carbocycles. The monoisotopic (exact) mass is 201 g/mol. The van der Waals surface area contributed by atoms with Crippen molar-refractivity contribution in [3.05, 3.63) is 47.7 Å². The molecule has 80 valence electrons. The molecule has 2 rings (SSSR count). The Bertz CT molecular complexity index is 354. The largest absolute Gasteiger partial charge is 0.382 e. The van der Waals surface area contributed by atoms with Crippen molar-refractivity contribution in [2.24, 2.45) is 0 Å². The summed E-state index contributed by atoms with van der Waals surface area (Å²) in [5, 5.41) is 3.48. The van der Waals surface area contributed by atoms with E-state index in [4.69, 9.17) is 0 Å². The highest BCUT2D eigenvalue weighted by atomic mass is 14.9. The molecule has 1 aromatic rings. The van der Waals surface area contributed by atoms with Crippen LogP contribution < -0.4 is 5.32 Å². The SMILES string of the molecule is C=C(C)NC1CCCCc2ccccc21. The maximum atomic E-state index is 3.94. The van der Waals surface area contributed by atoms with Crippen LogP contribution in [0.2, 0.25) is 0 Å². The minimum absolute atomic E-state index is 0.473. The van der Waals surface area contributed by atoms with Gasteiger partial charge >= 0.3 is 0 Å². The molecule has 1 heteroatoms. The van der Waals surface area contributed by atoms with E-state index in [1.54, 1.807) is 0 Å². The number of fused-ring (bicyclic) bond motifs is 1. The average molecular weight is 201 g/mol. The zero-order valence-corrected chi connectivity index (χ0v) is 9.42. The number of hydrogen-bond donors (Lipinski definition) is 1. The summed E-state index contributed by atoms with van der Waals surface area (Å²) in [5.74, 6) is 0. The molecule has 1 unspecified atom stereocenters. The molecule has 0 aliphatic heterocycles. The van der Waals surface area contributed by atoms with Crippen LogP contribution in [-0.2, 0) is 6.42 Å². The molecule has 1 aliphatic rings. The Morgan fingerprint density at radius 3 is 2.93 bits per heavy atom. The molecule has 0 saturated heterocycles. The van der Waals surface area contributed by atoms with Gasteiger partial charge in [-0.15, -0.1) is 0 Å². The molecule has 0 amide bonds. The maximum Gasteiger partial charge on any atom is 0.0513 e. The summed E-state index contributed by atoms with van der Waals surface area (Å²) < 4.78 is 0. The molecule has 15 heavy (non-hydrogen) atoms. The molecule has 0 fully saturated rings. The minimum atomic E-state index is 0.473. The van der Waals surface area contributed by atoms with Crippen LogP contribution in [0.1, 0.15) is 43.4 Å². The molecule has 1 nitrogen and oxygen atoms in total. The van der Waals surface area contributed by atoms with E-state index in [0.717, 1.165) is 5.70 Å². The summed E-state index contributed by atoms with van der Waals surface area (Å²) in [7, 11) is 0. The van der Waals surface area contributed by atoms with Gasteiger partial charge in [0.25, 0.3) is 0 Å². The third-order valence-corrected chi connectivity index (χ3v) is 3.04. The van der Waals surface area contributed by atoms with Gasteiger partial charge in [0.15, 0.2) is 0 Å². The van der Waals surface area contributed by atoms with E-state index >= 15 is 0 Å². The molecule has 0 bridgehead atoms. The predicted molar refractivity (Wildman–Crippen MR) is 64.7 cm³/mol. The van der Waals surface area contributed by atoms with Crippen LogP contribution in [0, 0.1) is 0 Å². The van der Waals surface area contributed by atoms with Crippen LogP contribution in [0.25, 0.3) is 0 Å². The third kappa shape index (κ3) is 2.41. The Morgan fingerprint density at radius 2 is 2.13 bits per heavy atom. The topological polar surface area (TPSA) is 12.0 Å². The zero-order valence-electron chi connectivity index (χ0n) is 9.42. The third-order valence-electron chi connectivity index (χ3n) is 3.04. The van der Waals surface area contributed by atoms with E-state index in [1.807, 2.05) is 6.92 Å². The van der Waals surface area contributed by atoms with Crippen LogP contribution in [0.4, 0.5) is 0 Å². The zero-order chi connectivity index (χ0) is 10.7. The first-order valence-electron chi connectivity index (χ1n) is 5.77. The van der Waals surface area contributed by atoms with Gasteiger partial charge in [0.1, 0.15) is 0 Å². The first kappa shape index (κ1) is 10.3. The lowest BCUT2D eigenvalue weighted by molar-refractivity contribution is 0.537. The Balaban J connectivity index is 2.28. The summed E-state index contributed by atoms with van der Waals surface area (Å²) in [4.78, 5) is 0. The van der Waals surface area contributed by atoms with E-state index in [2.05, 4.69) is 36.2 Å². The summed E-state index contributed by atoms with van der Waals surface area (Å²) in [6, 6.07) is 9.26. The van der Waals surface area contributed by atoms with Crippen LogP contribution in [0.5, 0.6) is 0 Å². The molecule has 0 spiro atoms. The van der Waals surface area contributed by atoms with Gasteiger partial charge in [0, 0.05) is 5.70 Å². The van der Waals surface area contributed by atoms with Crippen LogP contribution in [-0.4, -0.2) is 0 Å². The lowest BCUT2D eigenvalue weighted by Gasteiger charge is -2.20. The maximum absolute atomic E-state index is 3.94. The Hall–Kier alpha value is -1.24. The molecule has 1 N–H and O–H groups in total. The van der Waals surface area contributed by atoms with Crippen molar-refractivity contribution in [3.8, 4) is 0 Å². The van der Waals surface area contributed by atoms with Gasteiger partial charge in [-0.3, -0.25) is 0 Å². The van der Waals surface area contributed by atoms with E-state index in [-0.39, 0.29) is 0 Å². The fraction of sp³-hybridized carbons (Fsp3) is 0.429. The number of rotatable bonds is 2. The van der Waals surface area contributed by atoms with E-state index in [1.165, 1.54) is 36.8 Å². The number of allylic oxidation sites excluding steroid dienone is 1. The van der Waals surface area contributed by atoms with Crippen molar-refractivity contribution < 1.29 is 0 Å². The Kier molecular flexibility index (Phi) is 3.10. The second-order valence-electron chi connectivity index (χ2n) is 4.42. The highest BCUT2D eigenvalue weighted by Crippen LogP contribution is 2.28. The first-order valence-corrected chi connectivity index (χ1v) is 5.77. The molecule has 0 radical (unpaired) electrons. The average Bonchev–Trinajstić information content (AvgIpc) is 2.41. The Morgan fingerprint density at radius 1 is 1.33 bits per heavy atom. The number of aryl methyl sites for hydroxylation is 1. The molecule has 0 saturated carbocycles. The van der Waals surface area contributed by atoms with Gasteiger partial charge in [0.05, 0.1) is 6.04 Å².